The van der Waals surface area contributed by atoms with E-state index in [1.165, 1.54) is 12.1 Å². The first-order chi connectivity index (χ1) is 10.0. The summed E-state index contributed by atoms with van der Waals surface area (Å²) in [6, 6.07) is 4.63. The third-order valence-electron chi connectivity index (χ3n) is 4.59. The monoisotopic (exact) mass is 289 g/mol. The van der Waals surface area contributed by atoms with Crippen molar-refractivity contribution in [2.45, 2.75) is 32.6 Å². The molecule has 2 heterocycles. The summed E-state index contributed by atoms with van der Waals surface area (Å²) in [7, 11) is 0. The van der Waals surface area contributed by atoms with E-state index >= 15 is 0 Å². The average molecular weight is 289 g/mol. The van der Waals surface area contributed by atoms with E-state index in [0.717, 1.165) is 25.1 Å². The van der Waals surface area contributed by atoms with E-state index in [1.54, 1.807) is 6.07 Å². The number of halogens is 1. The van der Waals surface area contributed by atoms with Gasteiger partial charge < -0.3 is 9.84 Å². The van der Waals surface area contributed by atoms with Crippen LogP contribution in [0.25, 0.3) is 11.4 Å². The van der Waals surface area contributed by atoms with Gasteiger partial charge in [-0.2, -0.15) is 4.98 Å². The number of hydrogen-bond donors (Lipinski definition) is 1. The van der Waals surface area contributed by atoms with Gasteiger partial charge >= 0.3 is 0 Å². The number of aromatic nitrogens is 2. The Morgan fingerprint density at radius 3 is 2.86 bits per heavy atom. The van der Waals surface area contributed by atoms with Gasteiger partial charge in [-0.15, -0.1) is 0 Å². The van der Waals surface area contributed by atoms with E-state index in [9.17, 15) is 4.39 Å². The first-order valence-corrected chi connectivity index (χ1v) is 7.34. The van der Waals surface area contributed by atoms with Crippen molar-refractivity contribution in [1.82, 2.24) is 15.5 Å². The summed E-state index contributed by atoms with van der Waals surface area (Å²) in [5, 5.41) is 7.45. The minimum Gasteiger partial charge on any atom is -0.338 e. The van der Waals surface area contributed by atoms with Gasteiger partial charge in [0.2, 0.25) is 11.7 Å². The molecule has 1 N–H and O–H groups in total. The standard InChI is InChI=1S/C16H20FN3O/c1-10(2)16(6-7-18-9-16)15-19-14(20-21-15)13-8-12(17)5-4-11(13)3/h4-5,8,10,18H,6-7,9H2,1-3H3. The van der Waals surface area contributed by atoms with Crippen LogP contribution in [0.5, 0.6) is 0 Å². The van der Waals surface area contributed by atoms with Gasteiger partial charge in [0, 0.05) is 12.1 Å². The third-order valence-corrected chi connectivity index (χ3v) is 4.59. The molecule has 1 aliphatic heterocycles. The van der Waals surface area contributed by atoms with Crippen LogP contribution >= 0.6 is 0 Å². The highest BCUT2D eigenvalue weighted by Gasteiger charge is 2.43. The zero-order valence-corrected chi connectivity index (χ0v) is 12.6. The number of benzene rings is 1. The van der Waals surface area contributed by atoms with Crippen LogP contribution in [0.4, 0.5) is 4.39 Å². The maximum absolute atomic E-state index is 13.4. The molecular weight excluding hydrogens is 269 g/mol. The lowest BCUT2D eigenvalue weighted by Crippen LogP contribution is -2.35. The molecule has 4 nitrogen and oxygen atoms in total. The highest BCUT2D eigenvalue weighted by molar-refractivity contribution is 5.59. The number of aryl methyl sites for hydroxylation is 1. The highest BCUT2D eigenvalue weighted by atomic mass is 19.1. The largest absolute Gasteiger partial charge is 0.338 e. The minimum atomic E-state index is -0.289. The minimum absolute atomic E-state index is 0.119. The Morgan fingerprint density at radius 2 is 2.19 bits per heavy atom. The van der Waals surface area contributed by atoms with Crippen LogP contribution in [0, 0.1) is 18.7 Å². The van der Waals surface area contributed by atoms with Crippen molar-refractivity contribution in [2.75, 3.05) is 13.1 Å². The molecule has 1 saturated heterocycles. The Balaban J connectivity index is 2.02. The van der Waals surface area contributed by atoms with E-state index in [1.807, 2.05) is 6.92 Å². The Kier molecular flexibility index (Phi) is 3.53. The second-order valence-electron chi connectivity index (χ2n) is 6.12. The molecule has 1 aliphatic rings. The average Bonchev–Trinajstić information content (AvgIpc) is 3.09. The quantitative estimate of drug-likeness (QED) is 0.943. The maximum Gasteiger partial charge on any atom is 0.234 e. The summed E-state index contributed by atoms with van der Waals surface area (Å²) in [5.41, 5.74) is 1.51. The van der Waals surface area contributed by atoms with Gasteiger partial charge in [0.15, 0.2) is 0 Å². The molecule has 1 unspecified atom stereocenters. The second kappa shape index (κ2) is 5.22. The van der Waals surface area contributed by atoms with E-state index in [2.05, 4.69) is 29.3 Å². The van der Waals surface area contributed by atoms with Gasteiger partial charge in [-0.05, 0) is 43.5 Å². The van der Waals surface area contributed by atoms with E-state index in [4.69, 9.17) is 4.52 Å². The fourth-order valence-electron chi connectivity index (χ4n) is 3.00. The summed E-state index contributed by atoms with van der Waals surface area (Å²) in [6.45, 7) is 8.05. The van der Waals surface area contributed by atoms with Crippen molar-refractivity contribution >= 4 is 0 Å². The molecule has 0 spiro atoms. The van der Waals surface area contributed by atoms with Gasteiger partial charge in [0.25, 0.3) is 0 Å². The third kappa shape index (κ3) is 2.35. The molecule has 0 bridgehead atoms. The molecule has 1 aromatic heterocycles. The van der Waals surface area contributed by atoms with Gasteiger partial charge in [-0.1, -0.05) is 25.1 Å². The topological polar surface area (TPSA) is 51.0 Å². The first-order valence-electron chi connectivity index (χ1n) is 7.34. The molecule has 2 aromatic rings. The number of nitrogens with one attached hydrogen (secondary N) is 1. The Bertz CT molecular complexity index is 645. The molecule has 1 atom stereocenters. The number of hydrogen-bond acceptors (Lipinski definition) is 4. The maximum atomic E-state index is 13.4. The van der Waals surface area contributed by atoms with Gasteiger partial charge in [-0.25, -0.2) is 4.39 Å². The lowest BCUT2D eigenvalue weighted by atomic mass is 9.76. The summed E-state index contributed by atoms with van der Waals surface area (Å²) in [6.07, 6.45) is 0.981. The fourth-order valence-corrected chi connectivity index (χ4v) is 3.00. The van der Waals surface area contributed by atoms with Crippen LogP contribution in [-0.2, 0) is 5.41 Å². The molecule has 0 saturated carbocycles. The molecule has 0 aliphatic carbocycles. The predicted octanol–water partition coefficient (Wildman–Crippen LogP) is 3.07. The van der Waals surface area contributed by atoms with E-state index in [-0.39, 0.29) is 11.2 Å². The van der Waals surface area contributed by atoms with Crippen molar-refractivity contribution in [3.05, 3.63) is 35.5 Å². The highest BCUT2D eigenvalue weighted by Crippen LogP contribution is 2.37. The fraction of sp³-hybridized carbons (Fsp3) is 0.500. The van der Waals surface area contributed by atoms with Crippen molar-refractivity contribution in [2.24, 2.45) is 5.92 Å². The summed E-state index contributed by atoms with van der Waals surface area (Å²) < 4.78 is 19.0. The SMILES string of the molecule is Cc1ccc(F)cc1-c1noc(C2(C(C)C)CCNC2)n1. The van der Waals surface area contributed by atoms with Crippen molar-refractivity contribution in [1.29, 1.82) is 0 Å². The van der Waals surface area contributed by atoms with E-state index in [0.29, 0.717) is 23.2 Å². The van der Waals surface area contributed by atoms with Crippen molar-refractivity contribution < 1.29 is 8.91 Å². The van der Waals surface area contributed by atoms with Crippen LogP contribution in [0.2, 0.25) is 0 Å². The molecule has 3 rings (SSSR count). The molecule has 1 fully saturated rings. The number of rotatable bonds is 3. The second-order valence-corrected chi connectivity index (χ2v) is 6.12. The first kappa shape index (κ1) is 14.2. The van der Waals surface area contributed by atoms with Crippen LogP contribution in [0.1, 0.15) is 31.7 Å². The molecule has 21 heavy (non-hydrogen) atoms. The smallest absolute Gasteiger partial charge is 0.234 e. The predicted molar refractivity (Wildman–Crippen MR) is 78.4 cm³/mol. The van der Waals surface area contributed by atoms with Gasteiger partial charge in [0.05, 0.1) is 5.41 Å². The molecule has 0 amide bonds. The van der Waals surface area contributed by atoms with Crippen LogP contribution in [-0.4, -0.2) is 23.2 Å². The van der Waals surface area contributed by atoms with Gasteiger partial charge in [0.1, 0.15) is 5.82 Å². The van der Waals surface area contributed by atoms with Crippen molar-refractivity contribution in [3.63, 3.8) is 0 Å². The summed E-state index contributed by atoms with van der Waals surface area (Å²) in [5.74, 6) is 1.23. The molecule has 0 radical (unpaired) electrons. The van der Waals surface area contributed by atoms with Crippen LogP contribution in [0.15, 0.2) is 22.7 Å². The molecule has 112 valence electrons. The van der Waals surface area contributed by atoms with Gasteiger partial charge in [-0.3, -0.25) is 0 Å². The molecular formula is C16H20FN3O. The number of nitrogens with zero attached hydrogens (tertiary/aromatic N) is 2. The summed E-state index contributed by atoms with van der Waals surface area (Å²) >= 11 is 0. The van der Waals surface area contributed by atoms with Crippen molar-refractivity contribution in [3.8, 4) is 11.4 Å². The lowest BCUT2D eigenvalue weighted by Gasteiger charge is -2.28. The zero-order valence-electron chi connectivity index (χ0n) is 12.6. The Labute approximate surface area is 123 Å². The van der Waals surface area contributed by atoms with E-state index < -0.39 is 0 Å². The molecule has 5 heteroatoms. The Morgan fingerprint density at radius 1 is 1.38 bits per heavy atom. The molecule has 1 aromatic carbocycles. The Hall–Kier alpha value is -1.75. The normalized spacial score (nSPS) is 22.1. The lowest BCUT2D eigenvalue weighted by molar-refractivity contribution is 0.234. The zero-order chi connectivity index (χ0) is 15.0. The van der Waals surface area contributed by atoms with Crippen LogP contribution < -0.4 is 5.32 Å². The summed E-state index contributed by atoms with van der Waals surface area (Å²) in [4.78, 5) is 4.57. The van der Waals surface area contributed by atoms with Crippen LogP contribution in [0.3, 0.4) is 0 Å².